The second kappa shape index (κ2) is 5.98. The van der Waals surface area contributed by atoms with Gasteiger partial charge in [-0.2, -0.15) is 0 Å². The number of carbonyl (C=O) groups excluding carboxylic acids is 2. The molecule has 0 saturated carbocycles. The monoisotopic (exact) mass is 236 g/mol. The van der Waals surface area contributed by atoms with Crippen molar-refractivity contribution in [2.24, 2.45) is 0 Å². The lowest BCUT2D eigenvalue weighted by atomic mass is 10.2. The highest BCUT2D eigenvalue weighted by Crippen LogP contribution is 2.11. The number of hydrogen-bond acceptors (Lipinski definition) is 4. The van der Waals surface area contributed by atoms with E-state index in [1.807, 2.05) is 13.0 Å². The summed E-state index contributed by atoms with van der Waals surface area (Å²) in [5.41, 5.74) is 1.03. The van der Waals surface area contributed by atoms with Crippen LogP contribution in [0.2, 0.25) is 0 Å². The van der Waals surface area contributed by atoms with Crippen LogP contribution >= 0.6 is 0 Å². The number of nitrogens with zero attached hydrogens (tertiary/aromatic N) is 2. The van der Waals surface area contributed by atoms with Crippen molar-refractivity contribution in [3.8, 4) is 0 Å². The molecule has 0 saturated heterocycles. The Hall–Kier alpha value is -1.91. The Labute approximate surface area is 100 Å². The first kappa shape index (κ1) is 13.2. The maximum atomic E-state index is 11.7. The first-order chi connectivity index (χ1) is 8.04. The van der Waals surface area contributed by atoms with Crippen molar-refractivity contribution in [1.29, 1.82) is 0 Å². The minimum Gasteiger partial charge on any atom is -0.469 e. The van der Waals surface area contributed by atoms with Gasteiger partial charge in [-0.25, -0.2) is 4.98 Å². The molecule has 5 nitrogen and oxygen atoms in total. The predicted molar refractivity (Wildman–Crippen MR) is 63.6 cm³/mol. The number of esters is 1. The van der Waals surface area contributed by atoms with Crippen LogP contribution in [0.4, 0.5) is 5.82 Å². The first-order valence-electron chi connectivity index (χ1n) is 5.30. The van der Waals surface area contributed by atoms with Crippen molar-refractivity contribution < 1.29 is 14.3 Å². The molecule has 0 radical (unpaired) electrons. The van der Waals surface area contributed by atoms with Crippen molar-refractivity contribution in [1.82, 2.24) is 4.98 Å². The van der Waals surface area contributed by atoms with Crippen LogP contribution in [-0.2, 0) is 14.3 Å². The highest BCUT2D eigenvalue weighted by Gasteiger charge is 2.13. The molecule has 0 aliphatic rings. The molecule has 0 fully saturated rings. The lowest BCUT2D eigenvalue weighted by Gasteiger charge is -2.15. The summed E-state index contributed by atoms with van der Waals surface area (Å²) in [6.45, 7) is 1.93. The molecule has 0 unspecified atom stereocenters. The molecule has 0 N–H and O–H groups in total. The number of aryl methyl sites for hydroxylation is 1. The number of aromatic nitrogens is 1. The van der Waals surface area contributed by atoms with Gasteiger partial charge in [-0.15, -0.1) is 0 Å². The zero-order chi connectivity index (χ0) is 12.8. The molecular formula is C12H16N2O3. The van der Waals surface area contributed by atoms with Crippen molar-refractivity contribution in [3.05, 3.63) is 23.9 Å². The van der Waals surface area contributed by atoms with Gasteiger partial charge in [-0.3, -0.25) is 14.5 Å². The van der Waals surface area contributed by atoms with Crippen molar-refractivity contribution in [3.63, 3.8) is 0 Å². The maximum Gasteiger partial charge on any atom is 0.306 e. The molecule has 1 heterocycles. The Morgan fingerprint density at radius 3 is 2.59 bits per heavy atom. The molecule has 5 heteroatoms. The van der Waals surface area contributed by atoms with E-state index >= 15 is 0 Å². The van der Waals surface area contributed by atoms with Gasteiger partial charge in [0.05, 0.1) is 13.5 Å². The molecule has 0 aliphatic heterocycles. The van der Waals surface area contributed by atoms with Crippen LogP contribution < -0.4 is 4.90 Å². The average molecular weight is 236 g/mol. The standard InChI is InChI=1S/C12H16N2O3/c1-9-4-5-10(13-8-9)14(2)11(15)6-7-12(16)17-3/h4-5,8H,6-7H2,1-3H3. The van der Waals surface area contributed by atoms with Gasteiger partial charge in [0.1, 0.15) is 5.82 Å². The molecule has 92 valence electrons. The summed E-state index contributed by atoms with van der Waals surface area (Å²) in [5, 5.41) is 0. The fourth-order valence-electron chi connectivity index (χ4n) is 1.26. The Morgan fingerprint density at radius 1 is 1.35 bits per heavy atom. The highest BCUT2D eigenvalue weighted by atomic mass is 16.5. The van der Waals surface area contributed by atoms with E-state index in [0.717, 1.165) is 5.56 Å². The third kappa shape index (κ3) is 3.86. The Bertz CT molecular complexity index is 401. The highest BCUT2D eigenvalue weighted by molar-refractivity contribution is 5.93. The lowest BCUT2D eigenvalue weighted by Crippen LogP contribution is -2.27. The van der Waals surface area contributed by atoms with E-state index < -0.39 is 0 Å². The number of ether oxygens (including phenoxy) is 1. The molecule has 0 bridgehead atoms. The topological polar surface area (TPSA) is 59.5 Å². The minimum absolute atomic E-state index is 0.0888. The second-order valence-corrected chi connectivity index (χ2v) is 3.72. The summed E-state index contributed by atoms with van der Waals surface area (Å²) in [7, 11) is 2.94. The van der Waals surface area contributed by atoms with Gasteiger partial charge in [-0.1, -0.05) is 6.07 Å². The van der Waals surface area contributed by atoms with E-state index in [2.05, 4.69) is 9.72 Å². The zero-order valence-corrected chi connectivity index (χ0v) is 10.3. The van der Waals surface area contributed by atoms with Crippen molar-refractivity contribution in [2.75, 3.05) is 19.1 Å². The Morgan fingerprint density at radius 2 is 2.06 bits per heavy atom. The summed E-state index contributed by atoms with van der Waals surface area (Å²) in [5.74, 6) is 0.0286. The number of pyridine rings is 1. The number of carbonyl (C=O) groups is 2. The molecule has 0 aliphatic carbocycles. The van der Waals surface area contributed by atoms with Crippen molar-refractivity contribution in [2.45, 2.75) is 19.8 Å². The van der Waals surface area contributed by atoms with Gasteiger partial charge < -0.3 is 4.74 Å². The molecular weight excluding hydrogens is 220 g/mol. The average Bonchev–Trinajstić information content (AvgIpc) is 2.35. The molecule has 0 spiro atoms. The van der Waals surface area contributed by atoms with E-state index in [1.54, 1.807) is 19.3 Å². The van der Waals surface area contributed by atoms with E-state index in [1.165, 1.54) is 12.0 Å². The molecule has 1 amide bonds. The van der Waals surface area contributed by atoms with E-state index in [-0.39, 0.29) is 24.7 Å². The number of methoxy groups -OCH3 is 1. The third-order valence-electron chi connectivity index (χ3n) is 2.38. The molecule has 0 aromatic carbocycles. The van der Waals surface area contributed by atoms with Crippen LogP contribution in [0.3, 0.4) is 0 Å². The van der Waals surface area contributed by atoms with Gasteiger partial charge in [0, 0.05) is 19.7 Å². The van der Waals surface area contributed by atoms with Gasteiger partial charge in [-0.05, 0) is 18.6 Å². The van der Waals surface area contributed by atoms with Crippen LogP contribution in [0.5, 0.6) is 0 Å². The smallest absolute Gasteiger partial charge is 0.306 e. The largest absolute Gasteiger partial charge is 0.469 e. The number of hydrogen-bond donors (Lipinski definition) is 0. The van der Waals surface area contributed by atoms with Gasteiger partial charge >= 0.3 is 5.97 Å². The molecule has 0 atom stereocenters. The summed E-state index contributed by atoms with van der Waals surface area (Å²) < 4.78 is 4.48. The fraction of sp³-hybridized carbons (Fsp3) is 0.417. The summed E-state index contributed by atoms with van der Waals surface area (Å²) in [6.07, 6.45) is 1.91. The van der Waals surface area contributed by atoms with Crippen LogP contribution in [0.25, 0.3) is 0 Å². The second-order valence-electron chi connectivity index (χ2n) is 3.72. The lowest BCUT2D eigenvalue weighted by molar-refractivity contribution is -0.141. The van der Waals surface area contributed by atoms with Crippen LogP contribution in [0.15, 0.2) is 18.3 Å². The fourth-order valence-corrected chi connectivity index (χ4v) is 1.26. The predicted octanol–water partition coefficient (Wildman–Crippen LogP) is 1.31. The molecule has 1 aromatic heterocycles. The van der Waals surface area contributed by atoms with E-state index in [0.29, 0.717) is 5.82 Å². The van der Waals surface area contributed by atoms with Crippen LogP contribution in [0.1, 0.15) is 18.4 Å². The maximum absolute atomic E-state index is 11.7. The summed E-state index contributed by atoms with van der Waals surface area (Å²) >= 11 is 0. The van der Waals surface area contributed by atoms with Crippen LogP contribution in [0, 0.1) is 6.92 Å². The molecule has 1 aromatic rings. The van der Waals surface area contributed by atoms with E-state index in [9.17, 15) is 9.59 Å². The van der Waals surface area contributed by atoms with Crippen LogP contribution in [-0.4, -0.2) is 31.0 Å². The first-order valence-corrected chi connectivity index (χ1v) is 5.30. The van der Waals surface area contributed by atoms with E-state index in [4.69, 9.17) is 0 Å². The quantitative estimate of drug-likeness (QED) is 0.739. The minimum atomic E-state index is -0.386. The number of anilines is 1. The molecule has 17 heavy (non-hydrogen) atoms. The Balaban J connectivity index is 2.57. The van der Waals surface area contributed by atoms with Crippen molar-refractivity contribution >= 4 is 17.7 Å². The number of amides is 1. The van der Waals surface area contributed by atoms with Gasteiger partial charge in [0.2, 0.25) is 5.91 Å². The third-order valence-corrected chi connectivity index (χ3v) is 2.38. The summed E-state index contributed by atoms with van der Waals surface area (Å²) in [4.78, 5) is 28.2. The normalized spacial score (nSPS) is 9.82. The zero-order valence-electron chi connectivity index (χ0n) is 10.3. The molecule has 1 rings (SSSR count). The SMILES string of the molecule is COC(=O)CCC(=O)N(C)c1ccc(C)cn1. The number of rotatable bonds is 4. The Kier molecular flexibility index (Phi) is 4.63. The van der Waals surface area contributed by atoms with Gasteiger partial charge in [0.15, 0.2) is 0 Å². The van der Waals surface area contributed by atoms with Gasteiger partial charge in [0.25, 0.3) is 0 Å². The summed E-state index contributed by atoms with van der Waals surface area (Å²) in [6, 6.07) is 3.65.